The molecule has 0 saturated carbocycles. The van der Waals surface area contributed by atoms with Gasteiger partial charge in [-0.25, -0.2) is 0 Å². The molecule has 9 nitrogen and oxygen atoms in total. The summed E-state index contributed by atoms with van der Waals surface area (Å²) in [5.41, 5.74) is 0.744. The van der Waals surface area contributed by atoms with E-state index in [1.165, 1.54) is 21.1 Å². The predicted molar refractivity (Wildman–Crippen MR) is 89.7 cm³/mol. The minimum absolute atomic E-state index is 0.0854. The number of ether oxygens (including phenoxy) is 4. The number of hydrogen-bond donors (Lipinski definition) is 4. The Morgan fingerprint density at radius 3 is 2.46 bits per heavy atom. The first-order valence-corrected chi connectivity index (χ1v) is 8.13. The van der Waals surface area contributed by atoms with Gasteiger partial charge in [0.15, 0.2) is 17.8 Å². The SMILES string of the molecule is COc1ccc(CO[C@@H]2O[C@H](CO)[C@H](O)[C@@H](O)[C@H]2NC(C)=O)cc1OC. The molecule has 1 fully saturated rings. The molecule has 26 heavy (non-hydrogen) atoms. The average Bonchev–Trinajstić information content (AvgIpc) is 2.64. The highest BCUT2D eigenvalue weighted by Crippen LogP contribution is 2.29. The fourth-order valence-electron chi connectivity index (χ4n) is 2.76. The minimum atomic E-state index is -1.35. The Bertz CT molecular complexity index is 610. The van der Waals surface area contributed by atoms with Gasteiger partial charge in [-0.05, 0) is 17.7 Å². The lowest BCUT2D eigenvalue weighted by molar-refractivity contribution is -0.273. The van der Waals surface area contributed by atoms with Crippen LogP contribution in [0.25, 0.3) is 0 Å². The van der Waals surface area contributed by atoms with Crippen molar-refractivity contribution in [2.45, 2.75) is 44.2 Å². The number of benzene rings is 1. The second-order valence-corrected chi connectivity index (χ2v) is 5.93. The van der Waals surface area contributed by atoms with Gasteiger partial charge in [0.1, 0.15) is 24.4 Å². The summed E-state index contributed by atoms with van der Waals surface area (Å²) in [4.78, 5) is 11.4. The first-order valence-electron chi connectivity index (χ1n) is 8.13. The van der Waals surface area contributed by atoms with Crippen molar-refractivity contribution in [2.24, 2.45) is 0 Å². The van der Waals surface area contributed by atoms with Crippen molar-refractivity contribution >= 4 is 5.91 Å². The van der Waals surface area contributed by atoms with Gasteiger partial charge in [-0.2, -0.15) is 0 Å². The normalized spacial score (nSPS) is 28.5. The quantitative estimate of drug-likeness (QED) is 0.489. The molecule has 0 radical (unpaired) electrons. The molecule has 1 aliphatic heterocycles. The van der Waals surface area contributed by atoms with Crippen molar-refractivity contribution in [3.8, 4) is 11.5 Å². The van der Waals surface area contributed by atoms with Gasteiger partial charge >= 0.3 is 0 Å². The van der Waals surface area contributed by atoms with E-state index in [0.717, 1.165) is 5.56 Å². The minimum Gasteiger partial charge on any atom is -0.493 e. The maximum atomic E-state index is 11.4. The first-order chi connectivity index (χ1) is 12.4. The summed E-state index contributed by atoms with van der Waals surface area (Å²) in [6.07, 6.45) is -4.77. The number of nitrogens with one attached hydrogen (secondary N) is 1. The molecule has 1 aromatic rings. The van der Waals surface area contributed by atoms with Gasteiger partial charge in [0.25, 0.3) is 0 Å². The molecule has 146 valence electrons. The summed E-state index contributed by atoms with van der Waals surface area (Å²) in [6.45, 7) is 0.867. The van der Waals surface area contributed by atoms with Crippen LogP contribution in [0.1, 0.15) is 12.5 Å². The van der Waals surface area contributed by atoms with Crippen molar-refractivity contribution in [1.29, 1.82) is 0 Å². The van der Waals surface area contributed by atoms with Gasteiger partial charge in [0.05, 0.1) is 27.4 Å². The highest BCUT2D eigenvalue weighted by Gasteiger charge is 2.45. The average molecular weight is 371 g/mol. The lowest BCUT2D eigenvalue weighted by Gasteiger charge is -2.42. The summed E-state index contributed by atoms with van der Waals surface area (Å²) in [5, 5.41) is 32.0. The fourth-order valence-corrected chi connectivity index (χ4v) is 2.76. The monoisotopic (exact) mass is 371 g/mol. The van der Waals surface area contributed by atoms with E-state index < -0.39 is 43.2 Å². The third kappa shape index (κ3) is 4.63. The van der Waals surface area contributed by atoms with Crippen molar-refractivity contribution in [3.05, 3.63) is 23.8 Å². The summed E-state index contributed by atoms with van der Waals surface area (Å²) in [5.74, 6) is 0.687. The van der Waals surface area contributed by atoms with Gasteiger partial charge in [0, 0.05) is 6.92 Å². The maximum Gasteiger partial charge on any atom is 0.217 e. The smallest absolute Gasteiger partial charge is 0.217 e. The van der Waals surface area contributed by atoms with Crippen LogP contribution in [0, 0.1) is 0 Å². The molecule has 0 aromatic heterocycles. The van der Waals surface area contributed by atoms with Gasteiger partial charge < -0.3 is 39.6 Å². The molecule has 1 aliphatic rings. The van der Waals surface area contributed by atoms with E-state index in [-0.39, 0.29) is 6.61 Å². The fraction of sp³-hybridized carbons (Fsp3) is 0.588. The zero-order valence-corrected chi connectivity index (χ0v) is 14.9. The van der Waals surface area contributed by atoms with Crippen molar-refractivity contribution in [1.82, 2.24) is 5.32 Å². The highest BCUT2D eigenvalue weighted by molar-refractivity contribution is 5.73. The second kappa shape index (κ2) is 9.15. The van der Waals surface area contributed by atoms with Crippen LogP contribution >= 0.6 is 0 Å². The van der Waals surface area contributed by atoms with Crippen molar-refractivity contribution < 1.29 is 39.1 Å². The van der Waals surface area contributed by atoms with Gasteiger partial charge in [-0.15, -0.1) is 0 Å². The number of carbonyl (C=O) groups excluding carboxylic acids is 1. The molecule has 0 unspecified atom stereocenters. The molecule has 9 heteroatoms. The Hall–Kier alpha value is -1.91. The summed E-state index contributed by atoms with van der Waals surface area (Å²) < 4.78 is 21.6. The lowest BCUT2D eigenvalue weighted by atomic mass is 9.97. The maximum absolute atomic E-state index is 11.4. The summed E-state index contributed by atoms with van der Waals surface area (Å²) >= 11 is 0. The number of hydrogen-bond acceptors (Lipinski definition) is 8. The van der Waals surface area contributed by atoms with E-state index in [9.17, 15) is 20.1 Å². The van der Waals surface area contributed by atoms with Crippen LogP contribution in [-0.4, -0.2) is 72.7 Å². The second-order valence-electron chi connectivity index (χ2n) is 5.93. The van der Waals surface area contributed by atoms with E-state index in [1.54, 1.807) is 18.2 Å². The standard InChI is InChI=1S/C17H25NO8/c1-9(20)18-14-16(22)15(21)13(7-19)26-17(14)25-8-10-4-5-11(23-2)12(6-10)24-3/h4-6,13-17,19,21-22H,7-8H2,1-3H3,(H,18,20)/t13-,14-,15+,16+,17-/m1/s1. The lowest BCUT2D eigenvalue weighted by Crippen LogP contribution is -2.64. The summed E-state index contributed by atoms with van der Waals surface area (Å²) in [7, 11) is 3.05. The molecule has 4 N–H and O–H groups in total. The Balaban J connectivity index is 2.12. The molecule has 1 amide bonds. The van der Waals surface area contributed by atoms with E-state index in [2.05, 4.69) is 5.32 Å². The molecule has 1 saturated heterocycles. The van der Waals surface area contributed by atoms with E-state index >= 15 is 0 Å². The predicted octanol–water partition coefficient (Wildman–Crippen LogP) is -0.836. The van der Waals surface area contributed by atoms with Crippen LogP contribution < -0.4 is 14.8 Å². The molecule has 1 aromatic carbocycles. The zero-order valence-electron chi connectivity index (χ0n) is 14.9. The first kappa shape index (κ1) is 20.4. The van der Waals surface area contributed by atoms with Crippen LogP contribution in [-0.2, 0) is 20.9 Å². The number of aliphatic hydroxyl groups excluding tert-OH is 3. The number of methoxy groups -OCH3 is 2. The van der Waals surface area contributed by atoms with Crippen LogP contribution in [0.2, 0.25) is 0 Å². The Morgan fingerprint density at radius 1 is 1.19 bits per heavy atom. The molecule has 5 atom stereocenters. The third-order valence-corrected chi connectivity index (χ3v) is 4.11. The Morgan fingerprint density at radius 2 is 1.88 bits per heavy atom. The molecule has 2 rings (SSSR count). The topological polar surface area (TPSA) is 127 Å². The van der Waals surface area contributed by atoms with E-state index in [0.29, 0.717) is 11.5 Å². The van der Waals surface area contributed by atoms with Crippen molar-refractivity contribution in [3.63, 3.8) is 0 Å². The molecular weight excluding hydrogens is 346 g/mol. The van der Waals surface area contributed by atoms with E-state index in [1.807, 2.05) is 0 Å². The van der Waals surface area contributed by atoms with Crippen LogP contribution in [0.15, 0.2) is 18.2 Å². The van der Waals surface area contributed by atoms with Gasteiger partial charge in [0.2, 0.25) is 5.91 Å². The number of carbonyl (C=O) groups is 1. The van der Waals surface area contributed by atoms with Crippen LogP contribution in [0.3, 0.4) is 0 Å². The third-order valence-electron chi connectivity index (χ3n) is 4.11. The zero-order chi connectivity index (χ0) is 19.3. The molecule has 0 bridgehead atoms. The van der Waals surface area contributed by atoms with Crippen molar-refractivity contribution in [2.75, 3.05) is 20.8 Å². The van der Waals surface area contributed by atoms with Gasteiger partial charge in [-0.1, -0.05) is 6.07 Å². The van der Waals surface area contributed by atoms with E-state index in [4.69, 9.17) is 18.9 Å². The van der Waals surface area contributed by atoms with Crippen LogP contribution in [0.5, 0.6) is 11.5 Å². The number of rotatable bonds is 7. The molecule has 0 aliphatic carbocycles. The largest absolute Gasteiger partial charge is 0.493 e. The van der Waals surface area contributed by atoms with Crippen LogP contribution in [0.4, 0.5) is 0 Å². The Kier molecular flexibility index (Phi) is 7.18. The number of amides is 1. The molecular formula is C17H25NO8. The number of aliphatic hydroxyl groups is 3. The Labute approximate surface area is 151 Å². The molecule has 0 spiro atoms. The molecule has 1 heterocycles. The highest BCUT2D eigenvalue weighted by atomic mass is 16.7. The summed E-state index contributed by atoms with van der Waals surface area (Å²) in [6, 6.07) is 4.24. The van der Waals surface area contributed by atoms with Gasteiger partial charge in [-0.3, -0.25) is 4.79 Å².